The van der Waals surface area contributed by atoms with Gasteiger partial charge in [-0.1, -0.05) is 32.4 Å². The highest BCUT2D eigenvalue weighted by Gasteiger charge is 2.32. The third-order valence-electron chi connectivity index (χ3n) is 2.40. The molecule has 0 amide bonds. The number of hydrogen-bond donors (Lipinski definition) is 0. The Bertz CT molecular complexity index is 326. The van der Waals surface area contributed by atoms with Crippen LogP contribution in [-0.2, 0) is 19.0 Å². The highest BCUT2D eigenvalue weighted by molar-refractivity contribution is 5.34. The third-order valence-corrected chi connectivity index (χ3v) is 2.40. The van der Waals surface area contributed by atoms with Crippen molar-refractivity contribution >= 4 is 0 Å². The van der Waals surface area contributed by atoms with Crippen molar-refractivity contribution in [2.75, 3.05) is 0 Å². The van der Waals surface area contributed by atoms with Gasteiger partial charge in [0.25, 0.3) is 0 Å². The fourth-order valence-electron chi connectivity index (χ4n) is 1.64. The van der Waals surface area contributed by atoms with Crippen molar-refractivity contribution in [3.63, 3.8) is 0 Å². The van der Waals surface area contributed by atoms with Gasteiger partial charge in [-0.05, 0) is 30.0 Å². The second kappa shape index (κ2) is 4.69. The molecule has 0 N–H and O–H groups in total. The van der Waals surface area contributed by atoms with Gasteiger partial charge in [-0.15, -0.1) is 0 Å². The second-order valence-electron chi connectivity index (χ2n) is 3.59. The maximum Gasteiger partial charge on any atom is 0.416 e. The van der Waals surface area contributed by atoms with Crippen LogP contribution < -0.4 is 0 Å². The van der Waals surface area contributed by atoms with E-state index < -0.39 is 11.7 Å². The van der Waals surface area contributed by atoms with Crippen LogP contribution in [0.4, 0.5) is 13.2 Å². The van der Waals surface area contributed by atoms with Crippen LogP contribution in [0.25, 0.3) is 0 Å². The molecular formula is C12H15F3. The second-order valence-corrected chi connectivity index (χ2v) is 3.59. The van der Waals surface area contributed by atoms with Crippen molar-refractivity contribution in [2.45, 2.75) is 39.3 Å². The lowest BCUT2D eigenvalue weighted by Gasteiger charge is -2.13. The van der Waals surface area contributed by atoms with Gasteiger partial charge in [0.1, 0.15) is 0 Å². The molecule has 1 rings (SSSR count). The fourth-order valence-corrected chi connectivity index (χ4v) is 1.64. The topological polar surface area (TPSA) is 0 Å². The molecule has 0 heterocycles. The molecule has 15 heavy (non-hydrogen) atoms. The highest BCUT2D eigenvalue weighted by atomic mass is 19.4. The molecule has 0 aliphatic heterocycles. The number of benzene rings is 1. The average molecular weight is 216 g/mol. The van der Waals surface area contributed by atoms with Crippen molar-refractivity contribution in [2.24, 2.45) is 0 Å². The van der Waals surface area contributed by atoms with Crippen molar-refractivity contribution in [3.8, 4) is 0 Å². The van der Waals surface area contributed by atoms with E-state index in [1.54, 1.807) is 19.1 Å². The molecule has 0 nitrogen and oxygen atoms in total. The summed E-state index contributed by atoms with van der Waals surface area (Å²) >= 11 is 0. The first-order valence-electron chi connectivity index (χ1n) is 5.18. The fraction of sp³-hybridized carbons (Fsp3) is 0.500. The monoisotopic (exact) mass is 216 g/mol. The summed E-state index contributed by atoms with van der Waals surface area (Å²) in [5, 5.41) is 0. The van der Waals surface area contributed by atoms with Crippen molar-refractivity contribution < 1.29 is 13.2 Å². The molecule has 84 valence electrons. The number of aryl methyl sites for hydroxylation is 2. The van der Waals surface area contributed by atoms with Crippen molar-refractivity contribution in [1.29, 1.82) is 0 Å². The van der Waals surface area contributed by atoms with E-state index in [0.29, 0.717) is 18.4 Å². The summed E-state index contributed by atoms with van der Waals surface area (Å²) < 4.78 is 38.0. The Morgan fingerprint density at radius 3 is 2.27 bits per heavy atom. The lowest BCUT2D eigenvalue weighted by molar-refractivity contribution is -0.138. The number of rotatable bonds is 3. The minimum Gasteiger partial charge on any atom is -0.166 e. The van der Waals surface area contributed by atoms with Crippen LogP contribution in [0.5, 0.6) is 0 Å². The van der Waals surface area contributed by atoms with E-state index in [1.807, 2.05) is 6.92 Å². The minimum absolute atomic E-state index is 0.377. The highest BCUT2D eigenvalue weighted by Crippen LogP contribution is 2.33. The number of alkyl halides is 3. The van der Waals surface area contributed by atoms with E-state index in [9.17, 15) is 13.2 Å². The zero-order valence-electron chi connectivity index (χ0n) is 8.99. The minimum atomic E-state index is -4.23. The van der Waals surface area contributed by atoms with Gasteiger partial charge in [0.15, 0.2) is 0 Å². The van der Waals surface area contributed by atoms with Crippen molar-refractivity contribution in [1.82, 2.24) is 0 Å². The molecule has 0 saturated heterocycles. The number of halogens is 3. The molecule has 0 aliphatic rings. The van der Waals surface area contributed by atoms with Crippen LogP contribution in [0.3, 0.4) is 0 Å². The maximum atomic E-state index is 12.7. The predicted molar refractivity (Wildman–Crippen MR) is 54.8 cm³/mol. The van der Waals surface area contributed by atoms with Gasteiger partial charge in [0, 0.05) is 0 Å². The molecule has 1 aromatic carbocycles. The van der Waals surface area contributed by atoms with Gasteiger partial charge in [0.2, 0.25) is 0 Å². The first kappa shape index (κ1) is 12.1. The Hall–Kier alpha value is -0.990. The van der Waals surface area contributed by atoms with E-state index >= 15 is 0 Å². The van der Waals surface area contributed by atoms with Gasteiger partial charge in [-0.3, -0.25) is 0 Å². The van der Waals surface area contributed by atoms with Gasteiger partial charge in [0.05, 0.1) is 5.56 Å². The molecule has 0 saturated carbocycles. The SMILES string of the molecule is CCCc1ccc(CC)c(C(F)(F)F)c1. The third kappa shape index (κ3) is 2.98. The number of hydrogen-bond acceptors (Lipinski definition) is 0. The Kier molecular flexibility index (Phi) is 3.77. The molecule has 0 fully saturated rings. The summed E-state index contributed by atoms with van der Waals surface area (Å²) in [5.41, 5.74) is 0.667. The molecule has 0 aliphatic carbocycles. The Labute approximate surface area is 88.1 Å². The quantitative estimate of drug-likeness (QED) is 0.709. The lowest BCUT2D eigenvalue weighted by atomic mass is 9.99. The summed E-state index contributed by atoms with van der Waals surface area (Å²) in [6.07, 6.45) is -2.24. The zero-order chi connectivity index (χ0) is 11.5. The van der Waals surface area contributed by atoms with Gasteiger partial charge in [-0.25, -0.2) is 0 Å². The molecule has 1 aromatic rings. The van der Waals surface area contributed by atoms with Crippen LogP contribution in [0.15, 0.2) is 18.2 Å². The maximum absolute atomic E-state index is 12.7. The standard InChI is InChI=1S/C12H15F3/c1-3-5-9-6-7-10(4-2)11(8-9)12(13,14)15/h6-8H,3-5H2,1-2H3. The van der Waals surface area contributed by atoms with Gasteiger partial charge in [-0.2, -0.15) is 13.2 Å². The molecule has 0 radical (unpaired) electrons. The summed E-state index contributed by atoms with van der Waals surface area (Å²) in [4.78, 5) is 0. The van der Waals surface area contributed by atoms with Crippen LogP contribution >= 0.6 is 0 Å². The Balaban J connectivity index is 3.13. The van der Waals surface area contributed by atoms with Gasteiger partial charge < -0.3 is 0 Å². The van der Waals surface area contributed by atoms with Crippen LogP contribution in [-0.4, -0.2) is 0 Å². The van der Waals surface area contributed by atoms with E-state index in [1.165, 1.54) is 6.07 Å². The van der Waals surface area contributed by atoms with E-state index in [-0.39, 0.29) is 0 Å². The Morgan fingerprint density at radius 1 is 1.13 bits per heavy atom. The van der Waals surface area contributed by atoms with Crippen LogP contribution in [0, 0.1) is 0 Å². The molecule has 3 heteroatoms. The lowest BCUT2D eigenvalue weighted by Crippen LogP contribution is -2.09. The molecule has 0 bridgehead atoms. The first-order chi connectivity index (χ1) is 6.99. The predicted octanol–water partition coefficient (Wildman–Crippen LogP) is 4.22. The van der Waals surface area contributed by atoms with Crippen LogP contribution in [0.1, 0.15) is 37.0 Å². The van der Waals surface area contributed by atoms with E-state index in [2.05, 4.69) is 0 Å². The normalized spacial score (nSPS) is 11.8. The molecular weight excluding hydrogens is 201 g/mol. The van der Waals surface area contributed by atoms with Crippen LogP contribution in [0.2, 0.25) is 0 Å². The molecule has 0 unspecified atom stereocenters. The largest absolute Gasteiger partial charge is 0.416 e. The summed E-state index contributed by atoms with van der Waals surface area (Å²) in [5.74, 6) is 0. The van der Waals surface area contributed by atoms with Crippen molar-refractivity contribution in [3.05, 3.63) is 34.9 Å². The van der Waals surface area contributed by atoms with Gasteiger partial charge >= 0.3 is 6.18 Å². The zero-order valence-corrected chi connectivity index (χ0v) is 8.99. The summed E-state index contributed by atoms with van der Waals surface area (Å²) in [6, 6.07) is 4.66. The molecule has 0 atom stereocenters. The average Bonchev–Trinajstić information content (AvgIpc) is 2.17. The van der Waals surface area contributed by atoms with E-state index in [0.717, 1.165) is 12.0 Å². The summed E-state index contributed by atoms with van der Waals surface area (Å²) in [6.45, 7) is 3.70. The molecule has 0 spiro atoms. The molecule has 0 aromatic heterocycles. The first-order valence-corrected chi connectivity index (χ1v) is 5.18. The summed E-state index contributed by atoms with van der Waals surface area (Å²) in [7, 11) is 0. The smallest absolute Gasteiger partial charge is 0.166 e. The Morgan fingerprint density at radius 2 is 1.80 bits per heavy atom. The van der Waals surface area contributed by atoms with E-state index in [4.69, 9.17) is 0 Å².